The van der Waals surface area contributed by atoms with Crippen molar-refractivity contribution in [3.8, 4) is 0 Å². The summed E-state index contributed by atoms with van der Waals surface area (Å²) in [6.07, 6.45) is 22.7. The van der Waals surface area contributed by atoms with Crippen LogP contribution in [0.4, 0.5) is 0 Å². The van der Waals surface area contributed by atoms with E-state index >= 15 is 0 Å². The monoisotopic (exact) mass is 455 g/mol. The molecule has 0 fully saturated rings. The summed E-state index contributed by atoms with van der Waals surface area (Å²) in [5, 5.41) is 9.25. The highest BCUT2D eigenvalue weighted by atomic mass is 16.5. The fourth-order valence-corrected chi connectivity index (χ4v) is 4.05. The van der Waals surface area contributed by atoms with Gasteiger partial charge in [0.05, 0.1) is 13.2 Å². The Kier molecular flexibility index (Phi) is 25.5. The molecule has 32 heavy (non-hydrogen) atoms. The topological polar surface area (TPSA) is 66.8 Å². The van der Waals surface area contributed by atoms with Crippen molar-refractivity contribution in [2.45, 2.75) is 129 Å². The van der Waals surface area contributed by atoms with Crippen molar-refractivity contribution < 1.29 is 19.4 Å². The van der Waals surface area contributed by atoms with Crippen LogP contribution in [0, 0.1) is 0 Å². The highest BCUT2D eigenvalue weighted by Crippen LogP contribution is 2.12. The minimum atomic E-state index is -0.0649. The molecule has 0 bridgehead atoms. The molecule has 0 radical (unpaired) electrons. The van der Waals surface area contributed by atoms with Crippen LogP contribution in [-0.4, -0.2) is 55.1 Å². The van der Waals surface area contributed by atoms with Gasteiger partial charge < -0.3 is 19.5 Å². The smallest absolute Gasteiger partial charge is 0.305 e. The zero-order valence-corrected chi connectivity index (χ0v) is 21.2. The molecule has 5 nitrogen and oxygen atoms in total. The average Bonchev–Trinajstić information content (AvgIpc) is 2.79. The van der Waals surface area contributed by atoms with Crippen molar-refractivity contribution >= 4 is 12.3 Å². The number of esters is 1. The molecule has 0 rings (SSSR count). The lowest BCUT2D eigenvalue weighted by molar-refractivity contribution is -0.144. The second-order valence-electron chi connectivity index (χ2n) is 9.15. The summed E-state index contributed by atoms with van der Waals surface area (Å²) >= 11 is 0. The van der Waals surface area contributed by atoms with Crippen LogP contribution in [0.2, 0.25) is 0 Å². The molecule has 190 valence electrons. The van der Waals surface area contributed by atoms with Crippen LogP contribution in [-0.2, 0) is 14.3 Å². The van der Waals surface area contributed by atoms with Crippen LogP contribution in [0.15, 0.2) is 0 Å². The first-order chi connectivity index (χ1) is 15.7. The number of carbonyl (C=O) groups excluding carboxylic acids is 2. The molecule has 0 saturated carbocycles. The molecule has 0 aliphatic heterocycles. The molecule has 1 N–H and O–H groups in total. The number of nitrogens with zero attached hydrogens (tertiary/aromatic N) is 1. The number of aliphatic hydroxyl groups is 1. The number of ether oxygens (including phenoxy) is 1. The highest BCUT2D eigenvalue weighted by Gasteiger charge is 2.06. The highest BCUT2D eigenvalue weighted by molar-refractivity contribution is 5.69. The van der Waals surface area contributed by atoms with Crippen LogP contribution < -0.4 is 0 Å². The SMILES string of the molecule is CCCCCCCCCCCCCC(=O)OCCCN(CCO)CCCCCCCC=O. The van der Waals surface area contributed by atoms with Gasteiger partial charge in [0.25, 0.3) is 0 Å². The van der Waals surface area contributed by atoms with E-state index in [1.165, 1.54) is 57.8 Å². The summed E-state index contributed by atoms with van der Waals surface area (Å²) in [7, 11) is 0. The number of hydrogen-bond donors (Lipinski definition) is 1. The van der Waals surface area contributed by atoms with Gasteiger partial charge in [-0.15, -0.1) is 0 Å². The molecule has 0 amide bonds. The largest absolute Gasteiger partial charge is 0.466 e. The Morgan fingerprint density at radius 2 is 1.25 bits per heavy atom. The molecule has 0 aliphatic rings. The van der Waals surface area contributed by atoms with E-state index in [4.69, 9.17) is 4.74 Å². The van der Waals surface area contributed by atoms with Crippen molar-refractivity contribution in [3.05, 3.63) is 0 Å². The van der Waals surface area contributed by atoms with E-state index in [0.29, 0.717) is 26.0 Å². The van der Waals surface area contributed by atoms with Gasteiger partial charge in [-0.05, 0) is 32.2 Å². The third-order valence-corrected chi connectivity index (χ3v) is 6.08. The molecule has 0 atom stereocenters. The fourth-order valence-electron chi connectivity index (χ4n) is 4.05. The third-order valence-electron chi connectivity index (χ3n) is 6.08. The van der Waals surface area contributed by atoms with Crippen LogP contribution >= 0.6 is 0 Å². The number of rotatable bonds is 26. The van der Waals surface area contributed by atoms with E-state index < -0.39 is 0 Å². The van der Waals surface area contributed by atoms with E-state index in [2.05, 4.69) is 11.8 Å². The number of aldehydes is 1. The standard InChI is InChI=1S/C27H53NO4/c1-2-3-4-5-6-7-8-9-10-13-16-20-27(31)32-26-19-22-28(23-25-30)21-17-14-11-12-15-18-24-29/h24,30H,2-23,25-26H2,1H3. The van der Waals surface area contributed by atoms with Gasteiger partial charge in [-0.3, -0.25) is 4.79 Å². The maximum absolute atomic E-state index is 11.9. The molecule has 5 heteroatoms. The van der Waals surface area contributed by atoms with Crippen molar-refractivity contribution in [2.24, 2.45) is 0 Å². The van der Waals surface area contributed by atoms with Crippen LogP contribution in [0.3, 0.4) is 0 Å². The van der Waals surface area contributed by atoms with Crippen molar-refractivity contribution in [3.63, 3.8) is 0 Å². The predicted octanol–water partition coefficient (Wildman–Crippen LogP) is 6.45. The van der Waals surface area contributed by atoms with Gasteiger partial charge in [0.15, 0.2) is 0 Å². The summed E-state index contributed by atoms with van der Waals surface area (Å²) in [4.78, 5) is 24.5. The molecular weight excluding hydrogens is 402 g/mol. The molecule has 0 saturated heterocycles. The zero-order chi connectivity index (χ0) is 23.5. The van der Waals surface area contributed by atoms with Gasteiger partial charge in [-0.2, -0.15) is 0 Å². The molecule has 0 aromatic carbocycles. The summed E-state index contributed by atoms with van der Waals surface area (Å²) in [5.74, 6) is -0.0649. The van der Waals surface area contributed by atoms with Crippen LogP contribution in [0.1, 0.15) is 129 Å². The molecule has 0 heterocycles. The summed E-state index contributed by atoms with van der Waals surface area (Å²) in [6, 6.07) is 0. The maximum atomic E-state index is 11.9. The van der Waals surface area contributed by atoms with Crippen molar-refractivity contribution in [1.29, 1.82) is 0 Å². The average molecular weight is 456 g/mol. The van der Waals surface area contributed by atoms with Gasteiger partial charge >= 0.3 is 5.97 Å². The number of aliphatic hydroxyl groups excluding tert-OH is 1. The Bertz CT molecular complexity index is 403. The number of hydrogen-bond acceptors (Lipinski definition) is 5. The van der Waals surface area contributed by atoms with Crippen molar-refractivity contribution in [2.75, 3.05) is 32.8 Å². The van der Waals surface area contributed by atoms with Gasteiger partial charge in [0.2, 0.25) is 0 Å². The Morgan fingerprint density at radius 3 is 1.84 bits per heavy atom. The van der Waals surface area contributed by atoms with E-state index in [1.54, 1.807) is 0 Å². The zero-order valence-electron chi connectivity index (χ0n) is 21.2. The normalized spacial score (nSPS) is 11.2. The molecule has 0 spiro atoms. The summed E-state index contributed by atoms with van der Waals surface area (Å²) in [5.41, 5.74) is 0. The fraction of sp³-hybridized carbons (Fsp3) is 0.926. The first-order valence-electron chi connectivity index (χ1n) is 13.7. The second-order valence-corrected chi connectivity index (χ2v) is 9.15. The molecule has 0 aromatic rings. The lowest BCUT2D eigenvalue weighted by Crippen LogP contribution is -2.30. The molecule has 0 aliphatic carbocycles. The summed E-state index contributed by atoms with van der Waals surface area (Å²) < 4.78 is 5.39. The third kappa shape index (κ3) is 23.7. The minimum Gasteiger partial charge on any atom is -0.466 e. The van der Waals surface area contributed by atoms with Gasteiger partial charge in [-0.1, -0.05) is 90.4 Å². The first kappa shape index (κ1) is 31.1. The lowest BCUT2D eigenvalue weighted by Gasteiger charge is -2.21. The Labute approximate surface area is 198 Å². The van der Waals surface area contributed by atoms with Crippen molar-refractivity contribution in [1.82, 2.24) is 4.90 Å². The van der Waals surface area contributed by atoms with E-state index in [0.717, 1.165) is 70.7 Å². The van der Waals surface area contributed by atoms with Crippen LogP contribution in [0.25, 0.3) is 0 Å². The number of carbonyl (C=O) groups is 2. The Balaban J connectivity index is 3.51. The van der Waals surface area contributed by atoms with E-state index in [-0.39, 0.29) is 12.6 Å². The van der Waals surface area contributed by atoms with E-state index in [9.17, 15) is 14.7 Å². The maximum Gasteiger partial charge on any atom is 0.305 e. The molecule has 0 unspecified atom stereocenters. The first-order valence-corrected chi connectivity index (χ1v) is 13.7. The predicted molar refractivity (Wildman–Crippen MR) is 134 cm³/mol. The summed E-state index contributed by atoms with van der Waals surface area (Å²) in [6.45, 7) is 5.41. The Hall–Kier alpha value is -0.940. The van der Waals surface area contributed by atoms with Gasteiger partial charge in [0, 0.05) is 25.9 Å². The minimum absolute atomic E-state index is 0.0649. The van der Waals surface area contributed by atoms with Gasteiger partial charge in [0.1, 0.15) is 6.29 Å². The number of unbranched alkanes of at least 4 members (excludes halogenated alkanes) is 15. The quantitative estimate of drug-likeness (QED) is 0.0921. The molecular formula is C27H53NO4. The van der Waals surface area contributed by atoms with E-state index in [1.807, 2.05) is 0 Å². The second kappa shape index (κ2) is 26.3. The lowest BCUT2D eigenvalue weighted by atomic mass is 10.1. The van der Waals surface area contributed by atoms with Crippen LogP contribution in [0.5, 0.6) is 0 Å². The Morgan fingerprint density at radius 1 is 0.719 bits per heavy atom. The van der Waals surface area contributed by atoms with Gasteiger partial charge in [-0.25, -0.2) is 0 Å². The molecule has 0 aromatic heterocycles.